The minimum absolute atomic E-state index is 0.000790. The average molecular weight is 442 g/mol. The van der Waals surface area contributed by atoms with Gasteiger partial charge >= 0.3 is 12.1 Å². The van der Waals surface area contributed by atoms with Gasteiger partial charge in [-0.1, -0.05) is 5.16 Å². The van der Waals surface area contributed by atoms with Crippen LogP contribution in [0.1, 0.15) is 31.7 Å². The van der Waals surface area contributed by atoms with Gasteiger partial charge in [0.05, 0.1) is 18.0 Å². The van der Waals surface area contributed by atoms with E-state index in [9.17, 15) is 18.0 Å². The Morgan fingerprint density at radius 1 is 1.32 bits per heavy atom. The summed E-state index contributed by atoms with van der Waals surface area (Å²) in [5, 5.41) is 3.30. The van der Waals surface area contributed by atoms with E-state index in [0.717, 1.165) is 12.6 Å². The monoisotopic (exact) mass is 442 g/mol. The first kappa shape index (κ1) is 21.5. The number of alkyl halides is 3. The van der Waals surface area contributed by atoms with Crippen LogP contribution >= 0.6 is 0 Å². The Morgan fingerprint density at radius 2 is 2.06 bits per heavy atom. The fourth-order valence-corrected chi connectivity index (χ4v) is 4.09. The highest BCUT2D eigenvalue weighted by atomic mass is 19.4. The lowest BCUT2D eigenvalue weighted by Gasteiger charge is -2.34. The van der Waals surface area contributed by atoms with E-state index < -0.39 is 29.1 Å². The van der Waals surface area contributed by atoms with Crippen molar-refractivity contribution in [2.24, 2.45) is 5.41 Å². The van der Waals surface area contributed by atoms with Gasteiger partial charge in [-0.25, -0.2) is 4.39 Å². The van der Waals surface area contributed by atoms with Crippen molar-refractivity contribution in [3.8, 4) is 17.1 Å². The quantitative estimate of drug-likeness (QED) is 0.665. The normalized spacial score (nSPS) is 24.6. The number of carbonyl (C=O) groups excluding carboxylic acids is 1. The van der Waals surface area contributed by atoms with E-state index in [-0.39, 0.29) is 42.0 Å². The van der Waals surface area contributed by atoms with E-state index in [4.69, 9.17) is 4.74 Å². The van der Waals surface area contributed by atoms with Gasteiger partial charge in [-0.3, -0.25) is 4.79 Å². The lowest BCUT2D eigenvalue weighted by atomic mass is 9.87. The van der Waals surface area contributed by atoms with Gasteiger partial charge < -0.3 is 19.1 Å². The molecule has 1 aromatic carbocycles. The van der Waals surface area contributed by atoms with Crippen molar-refractivity contribution in [3.05, 3.63) is 29.4 Å². The molecule has 7 nitrogen and oxygen atoms in total. The number of nitrogens with zero attached hydrogens (tertiary/aromatic N) is 4. The highest BCUT2D eigenvalue weighted by Crippen LogP contribution is 2.37. The van der Waals surface area contributed by atoms with E-state index in [1.165, 1.54) is 6.07 Å². The van der Waals surface area contributed by atoms with E-state index in [1.54, 1.807) is 4.90 Å². The molecule has 2 aliphatic heterocycles. The number of fused-ring (bicyclic) bond motifs is 1. The zero-order valence-electron chi connectivity index (χ0n) is 17.3. The number of rotatable bonds is 2. The summed E-state index contributed by atoms with van der Waals surface area (Å²) in [6.45, 7) is 5.27. The summed E-state index contributed by atoms with van der Waals surface area (Å²) in [5.74, 6) is -2.56. The third-order valence-electron chi connectivity index (χ3n) is 5.86. The molecular formula is C20H22F4N4O3. The molecule has 2 unspecified atom stereocenters. The highest BCUT2D eigenvalue weighted by Gasteiger charge is 2.44. The number of amides is 1. The molecule has 0 bridgehead atoms. The van der Waals surface area contributed by atoms with Gasteiger partial charge in [-0.2, -0.15) is 18.2 Å². The third-order valence-corrected chi connectivity index (χ3v) is 5.86. The lowest BCUT2D eigenvalue weighted by molar-refractivity contribution is -0.159. The summed E-state index contributed by atoms with van der Waals surface area (Å²) in [4.78, 5) is 20.3. The molecule has 1 saturated heterocycles. The Morgan fingerprint density at radius 3 is 2.68 bits per heavy atom. The molecule has 168 valence electrons. The first-order chi connectivity index (χ1) is 14.5. The molecule has 1 amide bonds. The topological polar surface area (TPSA) is 71.7 Å². The van der Waals surface area contributed by atoms with Gasteiger partial charge in [0.15, 0.2) is 0 Å². The van der Waals surface area contributed by atoms with Gasteiger partial charge in [0.25, 0.3) is 0 Å². The maximum atomic E-state index is 15.0. The van der Waals surface area contributed by atoms with Gasteiger partial charge in [-0.05, 0) is 46.0 Å². The highest BCUT2D eigenvalue weighted by molar-refractivity contribution is 5.83. The SMILES string of the molecule is CC1COc2cc(-c3noc(C(F)(F)F)n3)cc(F)c2CN1C(=O)C1(C)CCN(C)C1. The van der Waals surface area contributed by atoms with Crippen LogP contribution in [-0.4, -0.2) is 58.6 Å². The summed E-state index contributed by atoms with van der Waals surface area (Å²) in [6, 6.07) is 2.08. The first-order valence-corrected chi connectivity index (χ1v) is 9.84. The van der Waals surface area contributed by atoms with Crippen molar-refractivity contribution < 1.29 is 31.6 Å². The molecule has 0 radical (unpaired) electrons. The van der Waals surface area contributed by atoms with Crippen LogP contribution in [0.2, 0.25) is 0 Å². The van der Waals surface area contributed by atoms with Crippen LogP contribution in [-0.2, 0) is 17.5 Å². The number of ether oxygens (including phenoxy) is 1. The van der Waals surface area contributed by atoms with Crippen molar-refractivity contribution in [1.29, 1.82) is 0 Å². The Labute approximate surface area is 175 Å². The maximum absolute atomic E-state index is 15.0. The number of hydrogen-bond donors (Lipinski definition) is 0. The smallest absolute Gasteiger partial charge is 0.471 e. The van der Waals surface area contributed by atoms with E-state index >= 15 is 4.39 Å². The minimum atomic E-state index is -4.80. The second kappa shape index (κ2) is 7.47. The largest absolute Gasteiger partial charge is 0.491 e. The Bertz CT molecular complexity index is 1010. The molecule has 0 spiro atoms. The van der Waals surface area contributed by atoms with Gasteiger partial charge in [0.2, 0.25) is 11.7 Å². The second-order valence-corrected chi connectivity index (χ2v) is 8.50. The van der Waals surface area contributed by atoms with E-state index in [1.807, 2.05) is 20.9 Å². The number of benzene rings is 1. The van der Waals surface area contributed by atoms with Crippen molar-refractivity contribution in [1.82, 2.24) is 19.9 Å². The molecule has 1 fully saturated rings. The average Bonchev–Trinajstić information content (AvgIpc) is 3.28. The predicted octanol–water partition coefficient (Wildman–Crippen LogP) is 3.35. The molecule has 11 heteroatoms. The number of aromatic nitrogens is 2. The minimum Gasteiger partial charge on any atom is -0.491 e. The molecule has 31 heavy (non-hydrogen) atoms. The standard InChI is InChI=1S/C20H22F4N4O3/c1-11-9-30-15-7-12(16-25-17(31-26-16)20(22,23)24)6-14(21)13(15)8-28(11)18(29)19(2)4-5-27(3)10-19/h6-7,11H,4-5,8-10H2,1-3H3. The number of carbonyl (C=O) groups is 1. The molecular weight excluding hydrogens is 420 g/mol. The fraction of sp³-hybridized carbons (Fsp3) is 0.550. The first-order valence-electron chi connectivity index (χ1n) is 9.84. The molecule has 2 aromatic rings. The number of hydrogen-bond acceptors (Lipinski definition) is 6. The maximum Gasteiger partial charge on any atom is 0.471 e. The van der Waals surface area contributed by atoms with Crippen molar-refractivity contribution in [2.45, 2.75) is 39.0 Å². The molecule has 0 saturated carbocycles. The van der Waals surface area contributed by atoms with Crippen LogP contribution in [0.4, 0.5) is 17.6 Å². The Balaban J connectivity index is 1.65. The molecule has 2 aliphatic rings. The van der Waals surface area contributed by atoms with Crippen LogP contribution in [0.25, 0.3) is 11.4 Å². The molecule has 3 heterocycles. The predicted molar refractivity (Wildman–Crippen MR) is 100 cm³/mol. The Hall–Kier alpha value is -2.69. The zero-order chi connectivity index (χ0) is 22.6. The summed E-state index contributed by atoms with van der Waals surface area (Å²) in [7, 11) is 1.95. The number of likely N-dealkylation sites (tertiary alicyclic amines) is 1. The summed E-state index contributed by atoms with van der Waals surface area (Å²) in [6.07, 6.45) is -4.09. The summed E-state index contributed by atoms with van der Waals surface area (Å²) in [5.41, 5.74) is -0.411. The van der Waals surface area contributed by atoms with E-state index in [0.29, 0.717) is 13.0 Å². The van der Waals surface area contributed by atoms with E-state index in [2.05, 4.69) is 19.6 Å². The molecule has 2 atom stereocenters. The van der Waals surface area contributed by atoms with Crippen LogP contribution in [0.3, 0.4) is 0 Å². The zero-order valence-corrected chi connectivity index (χ0v) is 17.3. The van der Waals surface area contributed by atoms with Gasteiger partial charge in [-0.15, -0.1) is 0 Å². The molecule has 0 N–H and O–H groups in total. The van der Waals surface area contributed by atoms with Gasteiger partial charge in [0, 0.05) is 17.7 Å². The second-order valence-electron chi connectivity index (χ2n) is 8.50. The third kappa shape index (κ3) is 3.98. The Kier molecular flexibility index (Phi) is 5.19. The molecule has 1 aromatic heterocycles. The summed E-state index contributed by atoms with van der Waals surface area (Å²) < 4.78 is 63.2. The molecule has 4 rings (SSSR count). The molecule has 0 aliphatic carbocycles. The van der Waals surface area contributed by atoms with Crippen LogP contribution in [0.15, 0.2) is 16.7 Å². The van der Waals surface area contributed by atoms with Crippen LogP contribution in [0.5, 0.6) is 5.75 Å². The van der Waals surface area contributed by atoms with Crippen LogP contribution < -0.4 is 4.74 Å². The number of halogens is 4. The summed E-state index contributed by atoms with van der Waals surface area (Å²) >= 11 is 0. The lowest BCUT2D eigenvalue weighted by Crippen LogP contribution is -2.48. The van der Waals surface area contributed by atoms with Gasteiger partial charge in [0.1, 0.15) is 18.2 Å². The van der Waals surface area contributed by atoms with Crippen molar-refractivity contribution in [3.63, 3.8) is 0 Å². The van der Waals surface area contributed by atoms with Crippen molar-refractivity contribution >= 4 is 5.91 Å². The van der Waals surface area contributed by atoms with Crippen molar-refractivity contribution in [2.75, 3.05) is 26.7 Å². The van der Waals surface area contributed by atoms with Crippen LogP contribution in [0, 0.1) is 11.2 Å². The fourth-order valence-electron chi connectivity index (χ4n) is 4.09.